The van der Waals surface area contributed by atoms with Crippen molar-refractivity contribution in [2.45, 2.75) is 51.3 Å². The highest BCUT2D eigenvalue weighted by atomic mass is 16.3. The zero-order valence-electron chi connectivity index (χ0n) is 13.0. The molecule has 3 rings (SSSR count). The van der Waals surface area contributed by atoms with Crippen LogP contribution in [0.1, 0.15) is 44.8 Å². The van der Waals surface area contributed by atoms with E-state index >= 15 is 0 Å². The molecule has 0 radical (unpaired) electrons. The van der Waals surface area contributed by atoms with Gasteiger partial charge in [0.25, 0.3) is 0 Å². The largest absolute Gasteiger partial charge is 0.387 e. The molecule has 112 valence electrons. The van der Waals surface area contributed by atoms with Crippen LogP contribution in [0.4, 0.5) is 0 Å². The number of hydrogen-bond donors (Lipinski definition) is 1. The molecule has 0 saturated carbocycles. The normalized spacial score (nSPS) is 24.5. The Morgan fingerprint density at radius 3 is 2.71 bits per heavy atom. The molecule has 3 unspecified atom stereocenters. The molecule has 2 heteroatoms. The van der Waals surface area contributed by atoms with E-state index in [1.54, 1.807) is 0 Å². The van der Waals surface area contributed by atoms with Gasteiger partial charge in [0.15, 0.2) is 0 Å². The van der Waals surface area contributed by atoms with Gasteiger partial charge in [0, 0.05) is 18.6 Å². The smallest absolute Gasteiger partial charge is 0.0923 e. The SMILES string of the molecule is CCC1CCC(C)N1CC(O)c1cccc2ccccc12. The second-order valence-corrected chi connectivity index (χ2v) is 6.27. The molecule has 2 aromatic carbocycles. The second kappa shape index (κ2) is 6.17. The topological polar surface area (TPSA) is 23.5 Å². The molecule has 1 fully saturated rings. The van der Waals surface area contributed by atoms with Crippen molar-refractivity contribution in [1.29, 1.82) is 0 Å². The Bertz CT molecular complexity index is 604. The summed E-state index contributed by atoms with van der Waals surface area (Å²) in [6.07, 6.45) is 3.28. The molecule has 3 atom stereocenters. The summed E-state index contributed by atoms with van der Waals surface area (Å²) in [5.41, 5.74) is 1.06. The van der Waals surface area contributed by atoms with Crippen LogP contribution < -0.4 is 0 Å². The molecule has 1 saturated heterocycles. The quantitative estimate of drug-likeness (QED) is 0.911. The standard InChI is InChI=1S/C19H25NO/c1-3-16-12-11-14(2)20(16)13-19(21)18-10-6-8-15-7-4-5-9-17(15)18/h4-10,14,16,19,21H,3,11-13H2,1-2H3. The summed E-state index contributed by atoms with van der Waals surface area (Å²) in [5, 5.41) is 13.1. The molecule has 1 N–H and O–H groups in total. The number of nitrogens with zero attached hydrogens (tertiary/aromatic N) is 1. The molecule has 0 aliphatic carbocycles. The number of fused-ring (bicyclic) bond motifs is 1. The molecular formula is C19H25NO. The maximum atomic E-state index is 10.8. The number of β-amino-alcohol motifs (C(OH)–C–C–N with tert-alkyl or cyclic N) is 1. The van der Waals surface area contributed by atoms with Gasteiger partial charge in [-0.25, -0.2) is 0 Å². The Kier molecular flexibility index (Phi) is 4.27. The molecule has 2 nitrogen and oxygen atoms in total. The van der Waals surface area contributed by atoms with Crippen molar-refractivity contribution in [2.75, 3.05) is 6.54 Å². The minimum atomic E-state index is -0.411. The van der Waals surface area contributed by atoms with Crippen molar-refractivity contribution >= 4 is 10.8 Å². The van der Waals surface area contributed by atoms with Gasteiger partial charge in [-0.3, -0.25) is 4.90 Å². The van der Waals surface area contributed by atoms with E-state index in [0.717, 1.165) is 12.1 Å². The molecule has 2 aromatic rings. The third kappa shape index (κ3) is 2.83. The summed E-state index contributed by atoms with van der Waals surface area (Å²) in [4.78, 5) is 2.49. The average molecular weight is 283 g/mol. The van der Waals surface area contributed by atoms with Crippen LogP contribution >= 0.6 is 0 Å². The maximum absolute atomic E-state index is 10.8. The van der Waals surface area contributed by atoms with Crippen LogP contribution in [0.5, 0.6) is 0 Å². The molecule has 0 amide bonds. The highest BCUT2D eigenvalue weighted by Crippen LogP contribution is 2.30. The molecule has 21 heavy (non-hydrogen) atoms. The number of likely N-dealkylation sites (tertiary alicyclic amines) is 1. The van der Waals surface area contributed by atoms with Gasteiger partial charge in [0.05, 0.1) is 6.10 Å². The lowest BCUT2D eigenvalue weighted by Crippen LogP contribution is -2.37. The van der Waals surface area contributed by atoms with Gasteiger partial charge in [0.1, 0.15) is 0 Å². The van der Waals surface area contributed by atoms with Crippen molar-refractivity contribution in [1.82, 2.24) is 4.90 Å². The van der Waals surface area contributed by atoms with Crippen LogP contribution in [0.2, 0.25) is 0 Å². The van der Waals surface area contributed by atoms with E-state index in [0.29, 0.717) is 12.1 Å². The zero-order chi connectivity index (χ0) is 14.8. The van der Waals surface area contributed by atoms with Crippen molar-refractivity contribution in [2.24, 2.45) is 0 Å². The van der Waals surface area contributed by atoms with Crippen LogP contribution in [-0.4, -0.2) is 28.6 Å². The number of rotatable bonds is 4. The van der Waals surface area contributed by atoms with Crippen molar-refractivity contribution in [3.05, 3.63) is 48.0 Å². The first-order valence-electron chi connectivity index (χ1n) is 8.12. The molecule has 1 heterocycles. The molecule has 0 bridgehead atoms. The summed E-state index contributed by atoms with van der Waals surface area (Å²) >= 11 is 0. The number of benzene rings is 2. The van der Waals surface area contributed by atoms with Gasteiger partial charge in [-0.1, -0.05) is 49.4 Å². The first-order chi connectivity index (χ1) is 10.2. The summed E-state index contributed by atoms with van der Waals surface area (Å²) < 4.78 is 0. The van der Waals surface area contributed by atoms with Gasteiger partial charge < -0.3 is 5.11 Å². The third-order valence-electron chi connectivity index (χ3n) is 4.99. The van der Waals surface area contributed by atoms with E-state index in [-0.39, 0.29) is 0 Å². The molecule has 1 aliphatic heterocycles. The summed E-state index contributed by atoms with van der Waals surface area (Å²) in [7, 11) is 0. The third-order valence-corrected chi connectivity index (χ3v) is 4.99. The van der Waals surface area contributed by atoms with E-state index < -0.39 is 6.10 Å². The fourth-order valence-electron chi connectivity index (χ4n) is 3.73. The van der Waals surface area contributed by atoms with Gasteiger partial charge in [0.2, 0.25) is 0 Å². The minimum Gasteiger partial charge on any atom is -0.387 e. The molecule has 0 aromatic heterocycles. The summed E-state index contributed by atoms with van der Waals surface area (Å²) in [6.45, 7) is 5.28. The number of aliphatic hydroxyl groups is 1. The summed E-state index contributed by atoms with van der Waals surface area (Å²) in [5.74, 6) is 0. The Hall–Kier alpha value is -1.38. The van der Waals surface area contributed by atoms with Crippen molar-refractivity contribution < 1.29 is 5.11 Å². The van der Waals surface area contributed by atoms with E-state index in [1.165, 1.54) is 30.0 Å². The van der Waals surface area contributed by atoms with E-state index in [9.17, 15) is 5.11 Å². The fraction of sp³-hybridized carbons (Fsp3) is 0.474. The average Bonchev–Trinajstić information content (AvgIpc) is 2.87. The minimum absolute atomic E-state index is 0.411. The van der Waals surface area contributed by atoms with Crippen LogP contribution in [-0.2, 0) is 0 Å². The Balaban J connectivity index is 1.85. The van der Waals surface area contributed by atoms with Gasteiger partial charge in [-0.15, -0.1) is 0 Å². The van der Waals surface area contributed by atoms with Crippen molar-refractivity contribution in [3.8, 4) is 0 Å². The van der Waals surface area contributed by atoms with E-state index in [1.807, 2.05) is 18.2 Å². The first-order valence-corrected chi connectivity index (χ1v) is 8.12. The number of aliphatic hydroxyl groups excluding tert-OH is 1. The molecule has 0 spiro atoms. The highest BCUT2D eigenvalue weighted by Gasteiger charge is 2.31. The monoisotopic (exact) mass is 283 g/mol. The second-order valence-electron chi connectivity index (χ2n) is 6.27. The van der Waals surface area contributed by atoms with Crippen LogP contribution in [0.25, 0.3) is 10.8 Å². The first kappa shape index (κ1) is 14.6. The molecular weight excluding hydrogens is 258 g/mol. The Morgan fingerprint density at radius 2 is 1.90 bits per heavy atom. The van der Waals surface area contributed by atoms with E-state index in [2.05, 4.69) is 43.0 Å². The zero-order valence-corrected chi connectivity index (χ0v) is 13.0. The maximum Gasteiger partial charge on any atom is 0.0923 e. The Labute approximate surface area is 127 Å². The van der Waals surface area contributed by atoms with Gasteiger partial charge in [-0.2, -0.15) is 0 Å². The lowest BCUT2D eigenvalue weighted by atomic mass is 9.99. The lowest BCUT2D eigenvalue weighted by molar-refractivity contribution is 0.0869. The fourth-order valence-corrected chi connectivity index (χ4v) is 3.73. The van der Waals surface area contributed by atoms with Crippen LogP contribution in [0, 0.1) is 0 Å². The predicted molar refractivity (Wildman–Crippen MR) is 88.4 cm³/mol. The number of hydrogen-bond acceptors (Lipinski definition) is 2. The van der Waals surface area contributed by atoms with Gasteiger partial charge in [-0.05, 0) is 42.5 Å². The summed E-state index contributed by atoms with van der Waals surface area (Å²) in [6, 6.07) is 15.8. The predicted octanol–water partition coefficient (Wildman–Crippen LogP) is 4.14. The molecule has 1 aliphatic rings. The van der Waals surface area contributed by atoms with Crippen LogP contribution in [0.3, 0.4) is 0 Å². The van der Waals surface area contributed by atoms with Crippen molar-refractivity contribution in [3.63, 3.8) is 0 Å². The Morgan fingerprint density at radius 1 is 1.14 bits per heavy atom. The lowest BCUT2D eigenvalue weighted by Gasteiger charge is -2.30. The van der Waals surface area contributed by atoms with E-state index in [4.69, 9.17) is 0 Å². The highest BCUT2D eigenvalue weighted by molar-refractivity contribution is 5.85. The van der Waals surface area contributed by atoms with Crippen LogP contribution in [0.15, 0.2) is 42.5 Å². The van der Waals surface area contributed by atoms with Gasteiger partial charge >= 0.3 is 0 Å².